The number of carboxylic acid groups (broad SMARTS) is 1. The normalized spacial score (nSPS) is 19.0. The van der Waals surface area contributed by atoms with E-state index in [-0.39, 0.29) is 5.82 Å². The molecule has 0 saturated carbocycles. The van der Waals surface area contributed by atoms with Crippen molar-refractivity contribution in [1.29, 1.82) is 0 Å². The average Bonchev–Trinajstić information content (AvgIpc) is 3.09. The molecule has 1 atom stereocenters. The molecule has 5 nitrogen and oxygen atoms in total. The van der Waals surface area contributed by atoms with Crippen LogP contribution in [-0.4, -0.2) is 33.5 Å². The summed E-state index contributed by atoms with van der Waals surface area (Å²) in [5.74, 6) is -0.0868. The molecule has 0 unspecified atom stereocenters. The Bertz CT molecular complexity index is 639. The van der Waals surface area contributed by atoms with E-state index in [1.807, 2.05) is 4.90 Å². The summed E-state index contributed by atoms with van der Waals surface area (Å²) in [7, 11) is 0. The maximum absolute atomic E-state index is 12.9. The lowest BCUT2D eigenvalue weighted by atomic mass is 10.2. The molecule has 0 amide bonds. The van der Waals surface area contributed by atoms with Gasteiger partial charge in [-0.15, -0.1) is 0 Å². The second-order valence-corrected chi connectivity index (χ2v) is 5.09. The molecule has 2 heterocycles. The molecule has 0 spiro atoms. The molecule has 2 aromatic rings. The van der Waals surface area contributed by atoms with Gasteiger partial charge in [0.25, 0.3) is 0 Å². The predicted molar refractivity (Wildman–Crippen MR) is 73.0 cm³/mol. The Kier molecular flexibility index (Phi) is 3.70. The Balaban J connectivity index is 1.73. The fourth-order valence-electron chi connectivity index (χ4n) is 2.60. The first-order chi connectivity index (χ1) is 10.1. The largest absolute Gasteiger partial charge is 0.480 e. The second kappa shape index (κ2) is 5.65. The monoisotopic (exact) mass is 290 g/mol. The van der Waals surface area contributed by atoms with Gasteiger partial charge in [0.05, 0.1) is 12.7 Å². The molecule has 1 aromatic carbocycles. The maximum Gasteiger partial charge on any atom is 0.320 e. The van der Waals surface area contributed by atoms with Gasteiger partial charge in [-0.2, -0.15) is 0 Å². The number of aromatic nitrogens is 1. The van der Waals surface area contributed by atoms with Crippen LogP contribution in [0.25, 0.3) is 11.3 Å². The van der Waals surface area contributed by atoms with Crippen LogP contribution in [0.2, 0.25) is 0 Å². The van der Waals surface area contributed by atoms with Crippen LogP contribution in [-0.2, 0) is 11.3 Å². The van der Waals surface area contributed by atoms with E-state index in [4.69, 9.17) is 9.52 Å². The molecule has 1 N–H and O–H groups in total. The molecule has 1 aliphatic rings. The van der Waals surface area contributed by atoms with E-state index in [9.17, 15) is 9.18 Å². The van der Waals surface area contributed by atoms with Crippen LogP contribution in [0.5, 0.6) is 0 Å². The third-order valence-electron chi connectivity index (χ3n) is 3.67. The van der Waals surface area contributed by atoms with Gasteiger partial charge in [-0.3, -0.25) is 9.69 Å². The van der Waals surface area contributed by atoms with Crippen LogP contribution >= 0.6 is 0 Å². The van der Waals surface area contributed by atoms with Gasteiger partial charge >= 0.3 is 5.97 Å². The lowest BCUT2D eigenvalue weighted by Crippen LogP contribution is -2.35. The number of aliphatic carboxylic acids is 1. The summed E-state index contributed by atoms with van der Waals surface area (Å²) in [6.07, 6.45) is 3.10. The summed E-state index contributed by atoms with van der Waals surface area (Å²) in [4.78, 5) is 17.2. The molecule has 3 rings (SSSR count). The van der Waals surface area contributed by atoms with Gasteiger partial charge in [0.15, 0.2) is 5.76 Å². The summed E-state index contributed by atoms with van der Waals surface area (Å²) in [5, 5.41) is 9.14. The number of benzene rings is 1. The molecule has 0 aliphatic carbocycles. The van der Waals surface area contributed by atoms with Crippen molar-refractivity contribution in [1.82, 2.24) is 9.88 Å². The van der Waals surface area contributed by atoms with Crippen molar-refractivity contribution in [3.8, 4) is 11.3 Å². The number of hydrogen-bond acceptors (Lipinski definition) is 4. The van der Waals surface area contributed by atoms with Gasteiger partial charge in [-0.25, -0.2) is 9.37 Å². The first kappa shape index (κ1) is 13.8. The van der Waals surface area contributed by atoms with Crippen molar-refractivity contribution in [2.24, 2.45) is 0 Å². The Morgan fingerprint density at radius 1 is 1.43 bits per heavy atom. The lowest BCUT2D eigenvalue weighted by Gasteiger charge is -2.18. The van der Waals surface area contributed by atoms with Crippen molar-refractivity contribution in [2.75, 3.05) is 6.54 Å². The molecule has 21 heavy (non-hydrogen) atoms. The Morgan fingerprint density at radius 2 is 2.19 bits per heavy atom. The fraction of sp³-hybridized carbons (Fsp3) is 0.333. The van der Waals surface area contributed by atoms with Crippen LogP contribution in [0.1, 0.15) is 18.7 Å². The van der Waals surface area contributed by atoms with Crippen LogP contribution in [0, 0.1) is 5.82 Å². The highest BCUT2D eigenvalue weighted by atomic mass is 19.1. The third-order valence-corrected chi connectivity index (χ3v) is 3.67. The summed E-state index contributed by atoms with van der Waals surface area (Å²) in [6, 6.07) is 5.49. The van der Waals surface area contributed by atoms with Gasteiger partial charge < -0.3 is 9.52 Å². The van der Waals surface area contributed by atoms with Crippen LogP contribution < -0.4 is 0 Å². The summed E-state index contributed by atoms with van der Waals surface area (Å²) in [6.45, 7) is 1.10. The summed E-state index contributed by atoms with van der Waals surface area (Å²) < 4.78 is 18.5. The minimum absolute atomic E-state index is 0.306. The number of oxazole rings is 1. The van der Waals surface area contributed by atoms with Crippen molar-refractivity contribution in [3.05, 3.63) is 42.2 Å². The highest BCUT2D eigenvalue weighted by Gasteiger charge is 2.31. The van der Waals surface area contributed by atoms with E-state index in [2.05, 4.69) is 4.98 Å². The van der Waals surface area contributed by atoms with E-state index >= 15 is 0 Å². The standard InChI is InChI=1S/C15H15FN2O3/c16-11-5-3-10(4-6-11)13-8-17-14(21-13)9-18-7-1-2-12(18)15(19)20/h3-6,8,12H,1-2,7,9H2,(H,19,20)/t12-/m0/s1. The van der Waals surface area contributed by atoms with Crippen molar-refractivity contribution in [2.45, 2.75) is 25.4 Å². The maximum atomic E-state index is 12.9. The highest BCUT2D eigenvalue weighted by Crippen LogP contribution is 2.24. The van der Waals surface area contributed by atoms with Crippen LogP contribution in [0.4, 0.5) is 4.39 Å². The zero-order valence-corrected chi connectivity index (χ0v) is 11.3. The number of carbonyl (C=O) groups is 1. The van der Waals surface area contributed by atoms with E-state index in [0.717, 1.165) is 18.5 Å². The van der Waals surface area contributed by atoms with Crippen molar-refractivity contribution in [3.63, 3.8) is 0 Å². The summed E-state index contributed by atoms with van der Waals surface area (Å²) >= 11 is 0. The molecule has 1 saturated heterocycles. The van der Waals surface area contributed by atoms with E-state index in [0.29, 0.717) is 24.6 Å². The van der Waals surface area contributed by atoms with E-state index < -0.39 is 12.0 Å². The molecular formula is C15H15FN2O3. The SMILES string of the molecule is O=C(O)[C@@H]1CCCN1Cc1ncc(-c2ccc(F)cc2)o1. The number of nitrogens with zero attached hydrogens (tertiary/aromatic N) is 2. The number of halogens is 1. The molecule has 0 bridgehead atoms. The van der Waals surface area contributed by atoms with Gasteiger partial charge in [-0.1, -0.05) is 0 Å². The number of carboxylic acids is 1. The highest BCUT2D eigenvalue weighted by molar-refractivity contribution is 5.73. The van der Waals surface area contributed by atoms with Gasteiger partial charge in [0.1, 0.15) is 11.9 Å². The van der Waals surface area contributed by atoms with Crippen LogP contribution in [0.3, 0.4) is 0 Å². The summed E-state index contributed by atoms with van der Waals surface area (Å²) in [5.41, 5.74) is 0.742. The van der Waals surface area contributed by atoms with Gasteiger partial charge in [-0.05, 0) is 43.7 Å². The first-order valence-corrected chi connectivity index (χ1v) is 6.81. The third kappa shape index (κ3) is 2.95. The predicted octanol–water partition coefficient (Wildman–Crippen LogP) is 2.53. The molecule has 0 radical (unpaired) electrons. The average molecular weight is 290 g/mol. The van der Waals surface area contributed by atoms with Crippen molar-refractivity contribution >= 4 is 5.97 Å². The molecular weight excluding hydrogens is 275 g/mol. The van der Waals surface area contributed by atoms with Crippen molar-refractivity contribution < 1.29 is 18.7 Å². The molecule has 110 valence electrons. The van der Waals surface area contributed by atoms with Crippen LogP contribution in [0.15, 0.2) is 34.9 Å². The smallest absolute Gasteiger partial charge is 0.320 e. The zero-order chi connectivity index (χ0) is 14.8. The molecule has 1 fully saturated rings. The fourth-order valence-corrected chi connectivity index (χ4v) is 2.60. The minimum Gasteiger partial charge on any atom is -0.480 e. The molecule has 6 heteroatoms. The van der Waals surface area contributed by atoms with Gasteiger partial charge in [0.2, 0.25) is 5.89 Å². The number of hydrogen-bond donors (Lipinski definition) is 1. The minimum atomic E-state index is -0.808. The second-order valence-electron chi connectivity index (χ2n) is 5.09. The Morgan fingerprint density at radius 3 is 2.90 bits per heavy atom. The first-order valence-electron chi connectivity index (χ1n) is 6.81. The van der Waals surface area contributed by atoms with E-state index in [1.165, 1.54) is 12.1 Å². The molecule has 1 aromatic heterocycles. The number of likely N-dealkylation sites (tertiary alicyclic amines) is 1. The lowest BCUT2D eigenvalue weighted by molar-refractivity contribution is -0.142. The van der Waals surface area contributed by atoms with E-state index in [1.54, 1.807) is 18.3 Å². The Hall–Kier alpha value is -2.21. The Labute approximate surface area is 121 Å². The topological polar surface area (TPSA) is 66.6 Å². The zero-order valence-electron chi connectivity index (χ0n) is 11.3. The molecule has 1 aliphatic heterocycles. The number of rotatable bonds is 4. The van der Waals surface area contributed by atoms with Gasteiger partial charge in [0, 0.05) is 5.56 Å². The quantitative estimate of drug-likeness (QED) is 0.937.